The van der Waals surface area contributed by atoms with Crippen LogP contribution in [0.15, 0.2) is 59.6 Å². The normalized spacial score (nSPS) is 12.7. The van der Waals surface area contributed by atoms with Gasteiger partial charge >= 0.3 is 12.4 Å². The van der Waals surface area contributed by atoms with Crippen LogP contribution < -0.4 is 4.72 Å². The van der Waals surface area contributed by atoms with Gasteiger partial charge in [-0.05, 0) is 35.9 Å². The molecule has 0 radical (unpaired) electrons. The lowest BCUT2D eigenvalue weighted by molar-refractivity contribution is -0.170. The van der Waals surface area contributed by atoms with Crippen molar-refractivity contribution in [3.05, 3.63) is 65.9 Å². The second-order valence-electron chi connectivity index (χ2n) is 6.40. The maximum atomic E-state index is 13.0. The number of ketones is 1. The molecule has 31 heavy (non-hydrogen) atoms. The number of para-hydroxylation sites is 1. The summed E-state index contributed by atoms with van der Waals surface area (Å²) in [6, 6.07) is 8.83. The number of pyridine rings is 1. The van der Waals surface area contributed by atoms with Gasteiger partial charge in [0.25, 0.3) is 10.0 Å². The van der Waals surface area contributed by atoms with Gasteiger partial charge in [0, 0.05) is 18.0 Å². The highest BCUT2D eigenvalue weighted by molar-refractivity contribution is 7.92. The maximum Gasteiger partial charge on any atom is 0.450 e. The van der Waals surface area contributed by atoms with Crippen LogP contribution in [-0.2, 0) is 27.4 Å². The van der Waals surface area contributed by atoms with Crippen molar-refractivity contribution in [3.63, 3.8) is 0 Å². The molecule has 2 aromatic carbocycles. The highest BCUT2D eigenvalue weighted by Gasteiger charge is 2.40. The van der Waals surface area contributed by atoms with Crippen LogP contribution in [0.1, 0.15) is 11.1 Å². The van der Waals surface area contributed by atoms with Crippen molar-refractivity contribution in [3.8, 4) is 0 Å². The molecule has 0 aliphatic carbocycles. The van der Waals surface area contributed by atoms with Gasteiger partial charge in [0.1, 0.15) is 0 Å². The molecule has 0 unspecified atom stereocenters. The number of hydrogen-bond donors (Lipinski definition) is 1. The fraction of sp³-hybridized carbons (Fsp3) is 0.158. The molecule has 1 N–H and O–H groups in total. The van der Waals surface area contributed by atoms with E-state index in [-0.39, 0.29) is 17.3 Å². The van der Waals surface area contributed by atoms with Crippen LogP contribution in [-0.4, -0.2) is 25.4 Å². The molecule has 1 aromatic heterocycles. The minimum Gasteiger partial charge on any atom is -0.289 e. The van der Waals surface area contributed by atoms with E-state index in [9.17, 15) is 39.6 Å². The molecule has 164 valence electrons. The van der Waals surface area contributed by atoms with E-state index in [0.29, 0.717) is 17.5 Å². The first-order valence-electron chi connectivity index (χ1n) is 8.46. The fourth-order valence-corrected chi connectivity index (χ4v) is 4.10. The van der Waals surface area contributed by atoms with Gasteiger partial charge in [0.2, 0.25) is 5.78 Å². The molecule has 0 atom stereocenters. The number of hydrogen-bond acceptors (Lipinski definition) is 4. The molecule has 0 spiro atoms. The third-order valence-corrected chi connectivity index (χ3v) is 5.69. The Balaban J connectivity index is 2.09. The monoisotopic (exact) mass is 462 g/mol. The summed E-state index contributed by atoms with van der Waals surface area (Å²) < 4.78 is 105. The number of halogens is 6. The summed E-state index contributed by atoms with van der Waals surface area (Å²) in [6.45, 7) is 0. The number of carbonyl (C=O) groups is 1. The van der Waals surface area contributed by atoms with Crippen LogP contribution in [0.5, 0.6) is 0 Å². The summed E-state index contributed by atoms with van der Waals surface area (Å²) in [5, 5.41) is 0.544. The lowest BCUT2D eigenvalue weighted by Gasteiger charge is -2.16. The van der Waals surface area contributed by atoms with Crippen molar-refractivity contribution in [1.29, 1.82) is 0 Å². The summed E-state index contributed by atoms with van der Waals surface area (Å²) >= 11 is 0. The van der Waals surface area contributed by atoms with E-state index >= 15 is 0 Å². The number of aromatic nitrogens is 1. The Morgan fingerprint density at radius 3 is 2.29 bits per heavy atom. The van der Waals surface area contributed by atoms with Gasteiger partial charge in [-0.3, -0.25) is 14.5 Å². The fourth-order valence-electron chi connectivity index (χ4n) is 2.82. The summed E-state index contributed by atoms with van der Waals surface area (Å²) in [4.78, 5) is 14.5. The van der Waals surface area contributed by atoms with Gasteiger partial charge in [-0.15, -0.1) is 0 Å². The average Bonchev–Trinajstić information content (AvgIpc) is 2.66. The summed E-state index contributed by atoms with van der Waals surface area (Å²) in [5.41, 5.74) is -2.14. The first-order chi connectivity index (χ1) is 14.3. The van der Waals surface area contributed by atoms with Crippen molar-refractivity contribution in [2.45, 2.75) is 23.7 Å². The molecule has 0 fully saturated rings. The first kappa shape index (κ1) is 22.5. The molecule has 12 heteroatoms. The van der Waals surface area contributed by atoms with E-state index < -0.39 is 50.6 Å². The van der Waals surface area contributed by atoms with E-state index in [0.717, 1.165) is 0 Å². The zero-order valence-electron chi connectivity index (χ0n) is 15.3. The third-order valence-electron chi connectivity index (χ3n) is 4.22. The van der Waals surface area contributed by atoms with E-state index in [1.165, 1.54) is 18.3 Å². The Morgan fingerprint density at radius 1 is 0.968 bits per heavy atom. The molecule has 0 saturated carbocycles. The van der Waals surface area contributed by atoms with Crippen molar-refractivity contribution < 1.29 is 39.6 Å². The molecule has 0 amide bonds. The van der Waals surface area contributed by atoms with Gasteiger partial charge in [0.15, 0.2) is 0 Å². The smallest absolute Gasteiger partial charge is 0.289 e. The molecule has 3 aromatic rings. The standard InChI is InChI=1S/C19H12F6N2O3S/c20-18(21,22)13-6-7-15(12(9-13)10-16(28)19(23,24)25)31(29,30)27-14-5-1-3-11-4-2-8-26-17(11)14/h1-9,27H,10H2. The quantitative estimate of drug-likeness (QED) is 0.557. The minimum atomic E-state index is -5.34. The summed E-state index contributed by atoms with van der Waals surface area (Å²) in [7, 11) is -4.67. The number of nitrogens with one attached hydrogen (secondary N) is 1. The molecule has 1 heterocycles. The van der Waals surface area contributed by atoms with Gasteiger partial charge in [-0.2, -0.15) is 26.3 Å². The van der Waals surface area contributed by atoms with E-state index in [1.807, 2.05) is 0 Å². The topological polar surface area (TPSA) is 76.1 Å². The second-order valence-corrected chi connectivity index (χ2v) is 8.05. The molecule has 0 aliphatic heterocycles. The Bertz CT molecular complexity index is 1250. The van der Waals surface area contributed by atoms with Crippen LogP contribution in [0.3, 0.4) is 0 Å². The molecular formula is C19H12F6N2O3S. The van der Waals surface area contributed by atoms with Crippen molar-refractivity contribution in [1.82, 2.24) is 4.98 Å². The van der Waals surface area contributed by atoms with Gasteiger partial charge in [0.05, 0.1) is 21.7 Å². The van der Waals surface area contributed by atoms with Crippen molar-refractivity contribution >= 4 is 32.4 Å². The van der Waals surface area contributed by atoms with Crippen LogP contribution in [0.25, 0.3) is 10.9 Å². The minimum absolute atomic E-state index is 0.0360. The first-order valence-corrected chi connectivity index (χ1v) is 9.94. The highest BCUT2D eigenvalue weighted by atomic mass is 32.2. The number of fused-ring (bicyclic) bond motifs is 1. The van der Waals surface area contributed by atoms with Gasteiger partial charge < -0.3 is 0 Å². The van der Waals surface area contributed by atoms with Crippen LogP contribution in [0, 0.1) is 0 Å². The number of Topliss-reactive ketones (excluding diaryl/α,β-unsaturated/α-hetero) is 1. The number of alkyl halides is 6. The second kappa shape index (κ2) is 7.84. The zero-order chi connectivity index (χ0) is 23.0. The average molecular weight is 462 g/mol. The lowest BCUT2D eigenvalue weighted by Crippen LogP contribution is -2.26. The number of nitrogens with zero attached hydrogens (tertiary/aromatic N) is 1. The number of rotatable bonds is 5. The van der Waals surface area contributed by atoms with Crippen molar-refractivity contribution in [2.24, 2.45) is 0 Å². The Morgan fingerprint density at radius 2 is 1.65 bits per heavy atom. The van der Waals surface area contributed by atoms with E-state index in [4.69, 9.17) is 0 Å². The third kappa shape index (κ3) is 4.95. The van der Waals surface area contributed by atoms with E-state index in [2.05, 4.69) is 9.71 Å². The van der Waals surface area contributed by atoms with E-state index in [1.54, 1.807) is 18.2 Å². The molecule has 0 saturated heterocycles. The van der Waals surface area contributed by atoms with Crippen LogP contribution in [0.4, 0.5) is 32.0 Å². The van der Waals surface area contributed by atoms with Crippen LogP contribution >= 0.6 is 0 Å². The molecular weight excluding hydrogens is 450 g/mol. The molecule has 0 bridgehead atoms. The molecule has 3 rings (SSSR count). The number of benzene rings is 2. The number of sulfonamides is 1. The summed E-state index contributed by atoms with van der Waals surface area (Å²) in [6.07, 6.45) is -10.5. The lowest BCUT2D eigenvalue weighted by atomic mass is 10.1. The Labute approximate surface area is 171 Å². The molecule has 5 nitrogen and oxygen atoms in total. The Kier molecular flexibility index (Phi) is 5.70. The highest BCUT2D eigenvalue weighted by Crippen LogP contribution is 2.33. The predicted octanol–water partition coefficient (Wildman–Crippen LogP) is 4.73. The number of carbonyl (C=O) groups excluding carboxylic acids is 1. The SMILES string of the molecule is O=C(Cc1cc(C(F)(F)F)ccc1S(=O)(=O)Nc1cccc2cccnc12)C(F)(F)F. The predicted molar refractivity (Wildman–Crippen MR) is 98.8 cm³/mol. The molecule has 0 aliphatic rings. The maximum absolute atomic E-state index is 13.0. The van der Waals surface area contributed by atoms with Gasteiger partial charge in [-0.1, -0.05) is 18.2 Å². The summed E-state index contributed by atoms with van der Waals surface area (Å²) in [5.74, 6) is -2.38. The van der Waals surface area contributed by atoms with Crippen LogP contribution in [0.2, 0.25) is 0 Å². The zero-order valence-corrected chi connectivity index (χ0v) is 16.1. The van der Waals surface area contributed by atoms with Crippen molar-refractivity contribution in [2.75, 3.05) is 4.72 Å². The Hall–Kier alpha value is -3.15. The number of anilines is 1. The van der Waals surface area contributed by atoms with Gasteiger partial charge in [-0.25, -0.2) is 8.42 Å². The largest absolute Gasteiger partial charge is 0.450 e.